The van der Waals surface area contributed by atoms with Crippen LogP contribution >= 0.6 is 0 Å². The van der Waals surface area contributed by atoms with E-state index in [2.05, 4.69) is 11.1 Å². The van der Waals surface area contributed by atoms with Crippen LogP contribution in [-0.2, 0) is 4.74 Å². The zero-order chi connectivity index (χ0) is 14.5. The van der Waals surface area contributed by atoms with Crippen molar-refractivity contribution in [3.05, 3.63) is 17.2 Å². The van der Waals surface area contributed by atoms with Crippen molar-refractivity contribution in [2.45, 2.75) is 26.2 Å². The SMILES string of the molecule is CCOC(=O)c1cc(C#N)c(N2CCCCC2)nc1N. The minimum Gasteiger partial charge on any atom is -0.462 e. The number of carbonyl (C=O) groups excluding carboxylic acids is 1. The normalized spacial score (nSPS) is 14.7. The van der Waals surface area contributed by atoms with Crippen molar-refractivity contribution in [3.8, 4) is 6.07 Å². The molecule has 20 heavy (non-hydrogen) atoms. The van der Waals surface area contributed by atoms with Gasteiger partial charge in [0.2, 0.25) is 0 Å². The number of rotatable bonds is 3. The second-order valence-electron chi connectivity index (χ2n) is 4.67. The third-order valence-corrected chi connectivity index (χ3v) is 3.30. The molecule has 106 valence electrons. The van der Waals surface area contributed by atoms with Crippen LogP contribution in [0.15, 0.2) is 6.07 Å². The van der Waals surface area contributed by atoms with Gasteiger partial charge in [0, 0.05) is 13.1 Å². The Morgan fingerprint density at radius 1 is 1.50 bits per heavy atom. The third-order valence-electron chi connectivity index (χ3n) is 3.30. The van der Waals surface area contributed by atoms with Gasteiger partial charge in [-0.2, -0.15) is 5.26 Å². The summed E-state index contributed by atoms with van der Waals surface area (Å²) >= 11 is 0. The van der Waals surface area contributed by atoms with E-state index < -0.39 is 5.97 Å². The second-order valence-corrected chi connectivity index (χ2v) is 4.67. The van der Waals surface area contributed by atoms with Gasteiger partial charge in [-0.1, -0.05) is 0 Å². The molecule has 1 aromatic rings. The lowest BCUT2D eigenvalue weighted by Crippen LogP contribution is -2.31. The fourth-order valence-corrected chi connectivity index (χ4v) is 2.32. The van der Waals surface area contributed by atoms with E-state index in [-0.39, 0.29) is 18.0 Å². The molecule has 1 fully saturated rings. The molecule has 0 saturated carbocycles. The molecule has 1 saturated heterocycles. The molecule has 1 aromatic heterocycles. The second kappa shape index (κ2) is 6.24. The highest BCUT2D eigenvalue weighted by Crippen LogP contribution is 2.25. The number of hydrogen-bond donors (Lipinski definition) is 1. The Bertz CT molecular complexity index is 545. The van der Waals surface area contributed by atoms with E-state index in [4.69, 9.17) is 10.5 Å². The molecule has 2 N–H and O–H groups in total. The Labute approximate surface area is 118 Å². The van der Waals surface area contributed by atoms with Crippen LogP contribution in [0.1, 0.15) is 42.1 Å². The van der Waals surface area contributed by atoms with E-state index in [0.717, 1.165) is 25.9 Å². The van der Waals surface area contributed by atoms with Gasteiger partial charge in [0.05, 0.1) is 12.2 Å². The molecule has 0 spiro atoms. The zero-order valence-electron chi connectivity index (χ0n) is 11.6. The number of hydrogen-bond acceptors (Lipinski definition) is 6. The molecule has 1 aliphatic rings. The summed E-state index contributed by atoms with van der Waals surface area (Å²) in [7, 11) is 0. The Balaban J connectivity index is 2.37. The van der Waals surface area contributed by atoms with E-state index >= 15 is 0 Å². The summed E-state index contributed by atoms with van der Waals surface area (Å²) in [6, 6.07) is 3.57. The number of anilines is 2. The minimum atomic E-state index is -0.542. The highest BCUT2D eigenvalue weighted by molar-refractivity contribution is 5.95. The summed E-state index contributed by atoms with van der Waals surface area (Å²) in [5.74, 6) is 0.139. The summed E-state index contributed by atoms with van der Waals surface area (Å²) in [4.78, 5) is 18.1. The van der Waals surface area contributed by atoms with Crippen molar-refractivity contribution < 1.29 is 9.53 Å². The van der Waals surface area contributed by atoms with Crippen LogP contribution in [0.25, 0.3) is 0 Å². The van der Waals surface area contributed by atoms with Gasteiger partial charge < -0.3 is 15.4 Å². The van der Waals surface area contributed by atoms with Crippen molar-refractivity contribution >= 4 is 17.6 Å². The van der Waals surface area contributed by atoms with Gasteiger partial charge in [0.15, 0.2) is 0 Å². The number of nitriles is 1. The maximum Gasteiger partial charge on any atom is 0.341 e. The van der Waals surface area contributed by atoms with Crippen molar-refractivity contribution in [2.75, 3.05) is 30.3 Å². The van der Waals surface area contributed by atoms with Gasteiger partial charge in [-0.3, -0.25) is 0 Å². The molecule has 2 rings (SSSR count). The van der Waals surface area contributed by atoms with Crippen LogP contribution in [0, 0.1) is 11.3 Å². The minimum absolute atomic E-state index is 0.114. The predicted molar refractivity (Wildman–Crippen MR) is 75.4 cm³/mol. The lowest BCUT2D eigenvalue weighted by Gasteiger charge is -2.28. The Hall–Kier alpha value is -2.29. The molecule has 2 heterocycles. The van der Waals surface area contributed by atoms with E-state index in [9.17, 15) is 10.1 Å². The predicted octanol–water partition coefficient (Wildman–Crippen LogP) is 1.70. The summed E-state index contributed by atoms with van der Waals surface area (Å²) in [5, 5.41) is 9.27. The summed E-state index contributed by atoms with van der Waals surface area (Å²) in [6.07, 6.45) is 3.34. The van der Waals surface area contributed by atoms with E-state index in [1.54, 1.807) is 6.92 Å². The Morgan fingerprint density at radius 3 is 2.80 bits per heavy atom. The number of carbonyl (C=O) groups is 1. The molecule has 0 aromatic carbocycles. The van der Waals surface area contributed by atoms with Gasteiger partial charge in [0.1, 0.15) is 23.3 Å². The average Bonchev–Trinajstić information content (AvgIpc) is 2.48. The molecule has 6 nitrogen and oxygen atoms in total. The number of nitrogen functional groups attached to an aromatic ring is 1. The molecular formula is C14H18N4O2. The van der Waals surface area contributed by atoms with Gasteiger partial charge in [-0.05, 0) is 32.3 Å². The van der Waals surface area contributed by atoms with Crippen molar-refractivity contribution in [1.29, 1.82) is 5.26 Å². The van der Waals surface area contributed by atoms with E-state index in [1.807, 2.05) is 4.90 Å². The van der Waals surface area contributed by atoms with E-state index in [0.29, 0.717) is 11.4 Å². The molecule has 6 heteroatoms. The molecule has 1 aliphatic heterocycles. The molecule has 0 unspecified atom stereocenters. The molecule has 0 radical (unpaired) electrons. The van der Waals surface area contributed by atoms with Gasteiger partial charge in [-0.25, -0.2) is 9.78 Å². The van der Waals surface area contributed by atoms with Crippen molar-refractivity contribution in [1.82, 2.24) is 4.98 Å². The molecule has 0 bridgehead atoms. The number of nitrogens with zero attached hydrogens (tertiary/aromatic N) is 3. The molecule has 0 atom stereocenters. The average molecular weight is 274 g/mol. The number of nitrogens with two attached hydrogens (primary N) is 1. The van der Waals surface area contributed by atoms with Crippen LogP contribution in [0.3, 0.4) is 0 Å². The lowest BCUT2D eigenvalue weighted by molar-refractivity contribution is 0.0527. The first-order valence-electron chi connectivity index (χ1n) is 6.80. The molecule has 0 amide bonds. The highest BCUT2D eigenvalue weighted by Gasteiger charge is 2.21. The summed E-state index contributed by atoms with van der Waals surface area (Å²) in [6.45, 7) is 3.70. The quantitative estimate of drug-likeness (QED) is 0.843. The van der Waals surface area contributed by atoms with Crippen LogP contribution < -0.4 is 10.6 Å². The first-order chi connectivity index (χ1) is 9.67. The van der Waals surface area contributed by atoms with Crippen molar-refractivity contribution in [2.24, 2.45) is 0 Å². The number of piperidine rings is 1. The number of ether oxygens (including phenoxy) is 1. The fraction of sp³-hybridized carbons (Fsp3) is 0.500. The Kier molecular flexibility index (Phi) is 4.41. The third kappa shape index (κ3) is 2.82. The first-order valence-corrected chi connectivity index (χ1v) is 6.80. The topological polar surface area (TPSA) is 92.2 Å². The van der Waals surface area contributed by atoms with Gasteiger partial charge >= 0.3 is 5.97 Å². The maximum atomic E-state index is 11.8. The van der Waals surface area contributed by atoms with Crippen LogP contribution in [-0.4, -0.2) is 30.6 Å². The van der Waals surface area contributed by atoms with E-state index in [1.165, 1.54) is 12.5 Å². The maximum absolute atomic E-state index is 11.8. The fourth-order valence-electron chi connectivity index (χ4n) is 2.32. The summed E-state index contributed by atoms with van der Waals surface area (Å²) < 4.78 is 4.91. The standard InChI is InChI=1S/C14H18N4O2/c1-2-20-14(19)11-8-10(9-15)13(17-12(11)16)18-6-4-3-5-7-18/h8H,2-7H2,1H3,(H2,16,17). The van der Waals surface area contributed by atoms with Gasteiger partial charge in [-0.15, -0.1) is 0 Å². The van der Waals surface area contributed by atoms with Crippen molar-refractivity contribution in [3.63, 3.8) is 0 Å². The first kappa shape index (κ1) is 14.1. The molecule has 0 aliphatic carbocycles. The monoisotopic (exact) mass is 274 g/mol. The Morgan fingerprint density at radius 2 is 2.20 bits per heavy atom. The highest BCUT2D eigenvalue weighted by atomic mass is 16.5. The molecular weight excluding hydrogens is 256 g/mol. The smallest absolute Gasteiger partial charge is 0.341 e. The van der Waals surface area contributed by atoms with Crippen LogP contribution in [0.4, 0.5) is 11.6 Å². The zero-order valence-corrected chi connectivity index (χ0v) is 11.6. The number of esters is 1. The van der Waals surface area contributed by atoms with Crippen LogP contribution in [0.2, 0.25) is 0 Å². The number of pyridine rings is 1. The summed E-state index contributed by atoms with van der Waals surface area (Å²) in [5.41, 5.74) is 6.36. The largest absolute Gasteiger partial charge is 0.462 e. The van der Waals surface area contributed by atoms with Gasteiger partial charge in [0.25, 0.3) is 0 Å². The van der Waals surface area contributed by atoms with Crippen LogP contribution in [0.5, 0.6) is 0 Å². The lowest BCUT2D eigenvalue weighted by atomic mass is 10.1. The number of aromatic nitrogens is 1.